The minimum atomic E-state index is -0.866. The highest BCUT2D eigenvalue weighted by molar-refractivity contribution is 5.89. The summed E-state index contributed by atoms with van der Waals surface area (Å²) < 4.78 is 3.93. The lowest BCUT2D eigenvalue weighted by Gasteiger charge is -2.31. The van der Waals surface area contributed by atoms with E-state index in [-0.39, 0.29) is 0 Å². The van der Waals surface area contributed by atoms with Gasteiger partial charge in [-0.25, -0.2) is 4.79 Å². The molecule has 1 aliphatic heterocycles. The van der Waals surface area contributed by atoms with Crippen molar-refractivity contribution in [1.29, 1.82) is 0 Å². The Morgan fingerprint density at radius 2 is 1.93 bits per heavy atom. The quantitative estimate of drug-likeness (QED) is 0.705. The van der Waals surface area contributed by atoms with E-state index in [1.807, 2.05) is 36.1 Å². The first kappa shape index (κ1) is 18.4. The highest BCUT2D eigenvalue weighted by Crippen LogP contribution is 2.28. The number of hydrogen-bond donors (Lipinski definition) is 1. The molecule has 8 heteroatoms. The van der Waals surface area contributed by atoms with Gasteiger partial charge in [0.05, 0.1) is 5.56 Å². The van der Waals surface area contributed by atoms with Crippen LogP contribution in [0.1, 0.15) is 46.3 Å². The average Bonchev–Trinajstić information content (AvgIpc) is 3.34. The van der Waals surface area contributed by atoms with Crippen molar-refractivity contribution in [1.82, 2.24) is 29.4 Å². The van der Waals surface area contributed by atoms with Gasteiger partial charge in [-0.05, 0) is 43.6 Å². The van der Waals surface area contributed by atoms with Crippen LogP contribution in [0.4, 0.5) is 0 Å². The first-order chi connectivity index (χ1) is 13.6. The Morgan fingerprint density at radius 1 is 1.14 bits per heavy atom. The Kier molecular flexibility index (Phi) is 5.21. The topological polar surface area (TPSA) is 89.1 Å². The van der Waals surface area contributed by atoms with Crippen LogP contribution < -0.4 is 0 Å². The second-order valence-electron chi connectivity index (χ2n) is 7.25. The third-order valence-corrected chi connectivity index (χ3v) is 5.46. The Bertz CT molecular complexity index is 942. The zero-order valence-corrected chi connectivity index (χ0v) is 15.9. The molecular weight excluding hydrogens is 356 g/mol. The molecule has 1 saturated heterocycles. The van der Waals surface area contributed by atoms with Crippen molar-refractivity contribution >= 4 is 5.97 Å². The summed E-state index contributed by atoms with van der Waals surface area (Å²) in [7, 11) is 2.02. The molecule has 0 atom stereocenters. The number of carboxylic acid groups (broad SMARTS) is 1. The summed E-state index contributed by atoms with van der Waals surface area (Å²) in [5, 5.41) is 22.4. The number of aromatic nitrogens is 5. The first-order valence-electron chi connectivity index (χ1n) is 9.51. The standard InChI is InChI=1S/C20H24N6O2/c1-24-18(14-26-10-4-9-21-26)22-23-19(24)15-7-11-25(12-8-15)13-16-5-2-3-6-17(16)20(27)28/h2-6,9-10,15H,7-8,11-14H2,1H3,(H,27,28). The largest absolute Gasteiger partial charge is 0.478 e. The summed E-state index contributed by atoms with van der Waals surface area (Å²) >= 11 is 0. The minimum Gasteiger partial charge on any atom is -0.478 e. The lowest BCUT2D eigenvalue weighted by molar-refractivity contribution is 0.0694. The highest BCUT2D eigenvalue weighted by atomic mass is 16.4. The number of rotatable bonds is 6. The van der Waals surface area contributed by atoms with Crippen LogP contribution in [0.15, 0.2) is 42.7 Å². The van der Waals surface area contributed by atoms with Crippen molar-refractivity contribution in [3.05, 3.63) is 65.5 Å². The van der Waals surface area contributed by atoms with Gasteiger partial charge < -0.3 is 9.67 Å². The number of likely N-dealkylation sites (tertiary alicyclic amines) is 1. The number of benzene rings is 1. The molecule has 4 rings (SSSR count). The summed E-state index contributed by atoms with van der Waals surface area (Å²) in [6, 6.07) is 9.14. The summed E-state index contributed by atoms with van der Waals surface area (Å²) in [5.74, 6) is 1.42. The summed E-state index contributed by atoms with van der Waals surface area (Å²) in [4.78, 5) is 13.7. The van der Waals surface area contributed by atoms with E-state index in [0.717, 1.165) is 43.1 Å². The third kappa shape index (κ3) is 3.82. The van der Waals surface area contributed by atoms with E-state index in [1.165, 1.54) is 0 Å². The predicted molar refractivity (Wildman–Crippen MR) is 103 cm³/mol. The average molecular weight is 380 g/mol. The van der Waals surface area contributed by atoms with Crippen molar-refractivity contribution in [3.63, 3.8) is 0 Å². The molecule has 1 aromatic carbocycles. The van der Waals surface area contributed by atoms with Gasteiger partial charge in [-0.1, -0.05) is 18.2 Å². The molecule has 0 unspecified atom stereocenters. The molecule has 1 N–H and O–H groups in total. The van der Waals surface area contributed by atoms with E-state index in [4.69, 9.17) is 0 Å². The van der Waals surface area contributed by atoms with Gasteiger partial charge in [-0.3, -0.25) is 9.58 Å². The van der Waals surface area contributed by atoms with Crippen molar-refractivity contribution < 1.29 is 9.90 Å². The number of carboxylic acids is 1. The molecule has 1 fully saturated rings. The highest BCUT2D eigenvalue weighted by Gasteiger charge is 2.26. The van der Waals surface area contributed by atoms with Gasteiger partial charge in [0, 0.05) is 31.9 Å². The van der Waals surface area contributed by atoms with Gasteiger partial charge in [0.15, 0.2) is 5.82 Å². The maximum atomic E-state index is 11.4. The fourth-order valence-corrected chi connectivity index (χ4v) is 3.86. The molecule has 1 aliphatic rings. The first-order valence-corrected chi connectivity index (χ1v) is 9.51. The Hall–Kier alpha value is -3.00. The van der Waals surface area contributed by atoms with Gasteiger partial charge in [-0.2, -0.15) is 5.10 Å². The molecule has 3 heterocycles. The van der Waals surface area contributed by atoms with Crippen molar-refractivity contribution in [3.8, 4) is 0 Å². The molecule has 0 radical (unpaired) electrons. The van der Waals surface area contributed by atoms with E-state index >= 15 is 0 Å². The molecule has 2 aromatic heterocycles. The second-order valence-corrected chi connectivity index (χ2v) is 7.25. The molecule has 28 heavy (non-hydrogen) atoms. The van der Waals surface area contributed by atoms with Gasteiger partial charge in [0.2, 0.25) is 0 Å². The van der Waals surface area contributed by atoms with Crippen LogP contribution in [-0.2, 0) is 20.1 Å². The van der Waals surface area contributed by atoms with E-state index in [0.29, 0.717) is 24.6 Å². The van der Waals surface area contributed by atoms with Crippen molar-refractivity contribution in [2.45, 2.75) is 31.8 Å². The zero-order valence-electron chi connectivity index (χ0n) is 15.9. The van der Waals surface area contributed by atoms with Crippen LogP contribution in [0.25, 0.3) is 0 Å². The molecule has 0 spiro atoms. The lowest BCUT2D eigenvalue weighted by atomic mass is 9.95. The van der Waals surface area contributed by atoms with Gasteiger partial charge in [-0.15, -0.1) is 10.2 Å². The van der Waals surface area contributed by atoms with Crippen LogP contribution >= 0.6 is 0 Å². The maximum absolute atomic E-state index is 11.4. The number of hydrogen-bond acceptors (Lipinski definition) is 5. The molecule has 8 nitrogen and oxygen atoms in total. The Labute approximate surface area is 163 Å². The molecule has 0 bridgehead atoms. The van der Waals surface area contributed by atoms with Crippen LogP contribution in [0, 0.1) is 0 Å². The summed E-state index contributed by atoms with van der Waals surface area (Å²) in [6.07, 6.45) is 5.66. The summed E-state index contributed by atoms with van der Waals surface area (Å²) in [5.41, 5.74) is 1.26. The number of carbonyl (C=O) groups is 1. The second kappa shape index (κ2) is 7.93. The molecular formula is C20H24N6O2. The molecule has 146 valence electrons. The van der Waals surface area contributed by atoms with Crippen LogP contribution in [0.5, 0.6) is 0 Å². The predicted octanol–water partition coefficient (Wildman–Crippen LogP) is 2.14. The molecule has 0 aliphatic carbocycles. The van der Waals surface area contributed by atoms with Gasteiger partial charge in [0.1, 0.15) is 12.4 Å². The van der Waals surface area contributed by atoms with E-state index in [2.05, 4.69) is 24.8 Å². The number of aromatic carboxylic acids is 1. The van der Waals surface area contributed by atoms with Crippen molar-refractivity contribution in [2.24, 2.45) is 7.05 Å². The monoisotopic (exact) mass is 380 g/mol. The van der Waals surface area contributed by atoms with Crippen molar-refractivity contribution in [2.75, 3.05) is 13.1 Å². The van der Waals surface area contributed by atoms with E-state index in [9.17, 15) is 9.90 Å². The van der Waals surface area contributed by atoms with Crippen LogP contribution in [-0.4, -0.2) is 53.6 Å². The maximum Gasteiger partial charge on any atom is 0.336 e. The van der Waals surface area contributed by atoms with E-state index < -0.39 is 5.97 Å². The smallest absolute Gasteiger partial charge is 0.336 e. The van der Waals surface area contributed by atoms with Gasteiger partial charge >= 0.3 is 5.97 Å². The van der Waals surface area contributed by atoms with Crippen LogP contribution in [0.3, 0.4) is 0 Å². The van der Waals surface area contributed by atoms with Gasteiger partial charge in [0.25, 0.3) is 0 Å². The lowest BCUT2D eigenvalue weighted by Crippen LogP contribution is -2.33. The SMILES string of the molecule is Cn1c(Cn2cccn2)nnc1C1CCN(Cc2ccccc2C(=O)O)CC1. The Morgan fingerprint density at radius 3 is 2.64 bits per heavy atom. The summed E-state index contributed by atoms with van der Waals surface area (Å²) in [6.45, 7) is 3.11. The normalized spacial score (nSPS) is 15.8. The molecule has 0 saturated carbocycles. The fourth-order valence-electron chi connectivity index (χ4n) is 3.86. The third-order valence-electron chi connectivity index (χ3n) is 5.46. The van der Waals surface area contributed by atoms with E-state index in [1.54, 1.807) is 18.3 Å². The van der Waals surface area contributed by atoms with Crippen LogP contribution in [0.2, 0.25) is 0 Å². The Balaban J connectivity index is 1.38. The number of piperidine rings is 1. The minimum absolute atomic E-state index is 0.370. The molecule has 0 amide bonds. The number of nitrogens with zero attached hydrogens (tertiary/aromatic N) is 6. The fraction of sp³-hybridized carbons (Fsp3) is 0.400. The molecule has 3 aromatic rings. The zero-order chi connectivity index (χ0) is 19.5.